The van der Waals surface area contributed by atoms with Crippen LogP contribution in [0.2, 0.25) is 0 Å². The normalized spacial score (nSPS) is 14.4. The number of Topliss-reactive ketones (excluding diaryl/α,β-unsaturated/α-hetero) is 1. The van der Waals surface area contributed by atoms with Gasteiger partial charge in [0.1, 0.15) is 11.7 Å². The third-order valence-electron chi connectivity index (χ3n) is 7.78. The van der Waals surface area contributed by atoms with Gasteiger partial charge in [-0.15, -0.1) is 0 Å². The predicted molar refractivity (Wildman–Crippen MR) is 153 cm³/mol. The SMILES string of the molecule is CCCCCCCCCCCCCCCCC(C(=O)CCCCCCC)C(C(=O)O)C(O)(CC(=O)O)C(=O)O. The van der Waals surface area contributed by atoms with Crippen molar-refractivity contribution < 1.29 is 39.6 Å². The second-order valence-corrected chi connectivity index (χ2v) is 11.2. The highest BCUT2D eigenvalue weighted by Crippen LogP contribution is 2.34. The fraction of sp³-hybridized carbons (Fsp3) is 0.871. The van der Waals surface area contributed by atoms with Crippen molar-refractivity contribution in [2.24, 2.45) is 11.8 Å². The first-order chi connectivity index (χ1) is 18.6. The highest BCUT2D eigenvalue weighted by molar-refractivity contribution is 5.94. The van der Waals surface area contributed by atoms with E-state index in [-0.39, 0.29) is 12.8 Å². The molecule has 0 aliphatic rings. The summed E-state index contributed by atoms with van der Waals surface area (Å²) in [6, 6.07) is 0. The highest BCUT2D eigenvalue weighted by atomic mass is 16.4. The van der Waals surface area contributed by atoms with Gasteiger partial charge in [-0.25, -0.2) is 4.79 Å². The summed E-state index contributed by atoms with van der Waals surface area (Å²) in [5.74, 6) is -8.88. The van der Waals surface area contributed by atoms with Crippen LogP contribution in [0.3, 0.4) is 0 Å². The number of rotatable bonds is 28. The van der Waals surface area contributed by atoms with E-state index >= 15 is 0 Å². The van der Waals surface area contributed by atoms with Gasteiger partial charge in [0.25, 0.3) is 0 Å². The van der Waals surface area contributed by atoms with Gasteiger partial charge in [-0.2, -0.15) is 0 Å². The molecule has 39 heavy (non-hydrogen) atoms. The van der Waals surface area contributed by atoms with Crippen LogP contribution in [-0.4, -0.2) is 49.7 Å². The second kappa shape index (κ2) is 22.8. The van der Waals surface area contributed by atoms with E-state index < -0.39 is 47.5 Å². The Bertz CT molecular complexity index is 692. The Morgan fingerprint density at radius 1 is 0.590 bits per heavy atom. The third kappa shape index (κ3) is 16.7. The Balaban J connectivity index is 4.87. The Morgan fingerprint density at radius 3 is 1.33 bits per heavy atom. The maximum Gasteiger partial charge on any atom is 0.337 e. The van der Waals surface area contributed by atoms with Gasteiger partial charge in [-0.1, -0.05) is 129 Å². The molecule has 0 radical (unpaired) electrons. The van der Waals surface area contributed by atoms with E-state index in [9.17, 15) is 39.6 Å². The summed E-state index contributed by atoms with van der Waals surface area (Å²) in [5, 5.41) is 39.4. The topological polar surface area (TPSA) is 149 Å². The van der Waals surface area contributed by atoms with Crippen molar-refractivity contribution in [3.05, 3.63) is 0 Å². The lowest BCUT2D eigenvalue weighted by Crippen LogP contribution is -2.55. The first-order valence-corrected chi connectivity index (χ1v) is 15.5. The highest BCUT2D eigenvalue weighted by Gasteiger charge is 2.54. The molecule has 0 amide bonds. The van der Waals surface area contributed by atoms with Gasteiger partial charge in [0.15, 0.2) is 5.60 Å². The standard InChI is InChI=1S/C31H56O8/c1-3-5-7-9-10-11-12-13-14-15-16-17-19-20-22-25(26(32)23-21-18-8-6-4-2)28(29(35)36)31(39,30(37)38)24-27(33)34/h25,28,39H,3-24H2,1-2H3,(H,33,34)(H,35,36)(H,37,38). The van der Waals surface area contributed by atoms with Crippen molar-refractivity contribution in [2.75, 3.05) is 0 Å². The van der Waals surface area contributed by atoms with Gasteiger partial charge >= 0.3 is 17.9 Å². The molecule has 0 saturated carbocycles. The van der Waals surface area contributed by atoms with Crippen molar-refractivity contribution in [1.29, 1.82) is 0 Å². The summed E-state index contributed by atoms with van der Waals surface area (Å²) in [7, 11) is 0. The van der Waals surface area contributed by atoms with Gasteiger partial charge in [-0.05, 0) is 12.8 Å². The molecular formula is C31H56O8. The van der Waals surface area contributed by atoms with Crippen LogP contribution in [0.4, 0.5) is 0 Å². The quantitative estimate of drug-likeness (QED) is 0.0728. The molecule has 0 spiro atoms. The lowest BCUT2D eigenvalue weighted by molar-refractivity contribution is -0.184. The molecule has 3 atom stereocenters. The molecule has 0 fully saturated rings. The maximum absolute atomic E-state index is 13.1. The fourth-order valence-electron chi connectivity index (χ4n) is 5.42. The first kappa shape index (κ1) is 37.0. The number of unbranched alkanes of at least 4 members (excludes halogenated alkanes) is 17. The molecule has 0 heterocycles. The number of hydrogen-bond acceptors (Lipinski definition) is 5. The van der Waals surface area contributed by atoms with E-state index in [2.05, 4.69) is 13.8 Å². The van der Waals surface area contributed by atoms with Crippen molar-refractivity contribution in [3.63, 3.8) is 0 Å². The maximum atomic E-state index is 13.1. The molecule has 0 aromatic rings. The van der Waals surface area contributed by atoms with Crippen molar-refractivity contribution in [3.8, 4) is 0 Å². The molecule has 0 rings (SSSR count). The van der Waals surface area contributed by atoms with E-state index in [1.807, 2.05) is 0 Å². The number of aliphatic hydroxyl groups is 1. The molecule has 0 aromatic heterocycles. The average molecular weight is 557 g/mol. The minimum atomic E-state index is -3.06. The largest absolute Gasteiger partial charge is 0.481 e. The molecule has 0 aliphatic heterocycles. The summed E-state index contributed by atoms with van der Waals surface area (Å²) in [5.41, 5.74) is -3.06. The zero-order chi connectivity index (χ0) is 29.5. The molecule has 0 aromatic carbocycles. The van der Waals surface area contributed by atoms with Gasteiger partial charge < -0.3 is 20.4 Å². The number of aliphatic carboxylic acids is 3. The molecule has 8 nitrogen and oxygen atoms in total. The fourth-order valence-corrected chi connectivity index (χ4v) is 5.42. The van der Waals surface area contributed by atoms with Crippen molar-refractivity contribution in [2.45, 2.75) is 161 Å². The van der Waals surface area contributed by atoms with Crippen molar-refractivity contribution in [1.82, 2.24) is 0 Å². The Hall–Kier alpha value is -1.96. The number of carboxylic acids is 3. The van der Waals surface area contributed by atoms with Gasteiger partial charge in [0.05, 0.1) is 6.42 Å². The van der Waals surface area contributed by atoms with E-state index in [1.54, 1.807) is 0 Å². The van der Waals surface area contributed by atoms with Gasteiger partial charge in [-0.3, -0.25) is 14.4 Å². The number of carbonyl (C=O) groups excluding carboxylic acids is 1. The van der Waals surface area contributed by atoms with Crippen LogP contribution in [0, 0.1) is 11.8 Å². The van der Waals surface area contributed by atoms with Crippen LogP contribution in [-0.2, 0) is 19.2 Å². The van der Waals surface area contributed by atoms with Gasteiger partial charge in [0, 0.05) is 12.3 Å². The monoisotopic (exact) mass is 556 g/mol. The summed E-state index contributed by atoms with van der Waals surface area (Å²) < 4.78 is 0. The average Bonchev–Trinajstić information content (AvgIpc) is 2.87. The molecule has 8 heteroatoms. The summed E-state index contributed by atoms with van der Waals surface area (Å²) in [6.07, 6.45) is 19.3. The molecule has 0 bridgehead atoms. The Morgan fingerprint density at radius 2 is 0.974 bits per heavy atom. The van der Waals surface area contributed by atoms with Crippen molar-refractivity contribution >= 4 is 23.7 Å². The van der Waals surface area contributed by atoms with Crippen LogP contribution in [0.25, 0.3) is 0 Å². The Labute approximate surface area is 236 Å². The van der Waals surface area contributed by atoms with E-state index in [0.717, 1.165) is 51.4 Å². The summed E-state index contributed by atoms with van der Waals surface area (Å²) >= 11 is 0. The Kier molecular flexibility index (Phi) is 21.7. The lowest BCUT2D eigenvalue weighted by Gasteiger charge is -2.33. The molecular weight excluding hydrogens is 500 g/mol. The summed E-state index contributed by atoms with van der Waals surface area (Å²) in [4.78, 5) is 48.5. The van der Waals surface area contributed by atoms with E-state index in [4.69, 9.17) is 0 Å². The van der Waals surface area contributed by atoms with E-state index in [1.165, 1.54) is 57.8 Å². The van der Waals surface area contributed by atoms with Crippen LogP contribution in [0.15, 0.2) is 0 Å². The molecule has 4 N–H and O–H groups in total. The third-order valence-corrected chi connectivity index (χ3v) is 7.78. The number of hydrogen-bond donors (Lipinski definition) is 4. The zero-order valence-corrected chi connectivity index (χ0v) is 24.6. The molecule has 0 saturated heterocycles. The smallest absolute Gasteiger partial charge is 0.337 e. The van der Waals surface area contributed by atoms with Crippen LogP contribution in [0.5, 0.6) is 0 Å². The van der Waals surface area contributed by atoms with Gasteiger partial charge in [0.2, 0.25) is 0 Å². The molecule has 3 unspecified atom stereocenters. The summed E-state index contributed by atoms with van der Waals surface area (Å²) in [6.45, 7) is 4.30. The minimum Gasteiger partial charge on any atom is -0.481 e. The number of ketones is 1. The van der Waals surface area contributed by atoms with E-state index in [0.29, 0.717) is 12.8 Å². The first-order valence-electron chi connectivity index (χ1n) is 15.5. The van der Waals surface area contributed by atoms with Crippen LogP contribution in [0.1, 0.15) is 155 Å². The predicted octanol–water partition coefficient (Wildman–Crippen LogP) is 7.39. The lowest BCUT2D eigenvalue weighted by atomic mass is 9.71. The molecule has 0 aliphatic carbocycles. The van der Waals surface area contributed by atoms with Crippen LogP contribution >= 0.6 is 0 Å². The number of carbonyl (C=O) groups is 4. The minimum absolute atomic E-state index is 0.0968. The second-order valence-electron chi connectivity index (χ2n) is 11.2. The molecule has 228 valence electrons. The zero-order valence-electron chi connectivity index (χ0n) is 24.6. The van der Waals surface area contributed by atoms with Crippen LogP contribution < -0.4 is 0 Å². The number of carboxylic acid groups (broad SMARTS) is 3.